The number of hydrogen-bond donors (Lipinski definition) is 0. The van der Waals surface area contributed by atoms with Crippen LogP contribution in [-0.2, 0) is 9.53 Å². The number of nitrogens with zero attached hydrogens (tertiary/aromatic N) is 1. The third-order valence-corrected chi connectivity index (χ3v) is 4.41. The Balaban J connectivity index is 1.47. The Morgan fingerprint density at radius 1 is 1.00 bits per heavy atom. The number of halogens is 1. The molecule has 4 rings (SSSR count). The molecule has 7 heteroatoms. The van der Waals surface area contributed by atoms with Crippen LogP contribution in [0.4, 0.5) is 4.39 Å². The van der Waals surface area contributed by atoms with Crippen LogP contribution in [0.5, 0.6) is 11.5 Å². The van der Waals surface area contributed by atoms with Crippen LogP contribution in [0.15, 0.2) is 83.5 Å². The second kappa shape index (κ2) is 8.62. The molecule has 0 N–H and O–H groups in total. The molecule has 0 radical (unpaired) electrons. The summed E-state index contributed by atoms with van der Waals surface area (Å²) in [4.78, 5) is 28.5. The van der Waals surface area contributed by atoms with Gasteiger partial charge in [0.1, 0.15) is 17.3 Å². The van der Waals surface area contributed by atoms with Gasteiger partial charge in [0.15, 0.2) is 5.70 Å². The minimum Gasteiger partial charge on any atom is -0.497 e. The Hall–Kier alpha value is -4.26. The van der Waals surface area contributed by atoms with Gasteiger partial charge in [-0.1, -0.05) is 18.2 Å². The summed E-state index contributed by atoms with van der Waals surface area (Å²) in [6, 6.07) is 18.8. The zero-order valence-corrected chi connectivity index (χ0v) is 16.4. The van der Waals surface area contributed by atoms with Crippen LogP contribution in [0.25, 0.3) is 6.08 Å². The van der Waals surface area contributed by atoms with Gasteiger partial charge in [-0.2, -0.15) is 0 Å². The van der Waals surface area contributed by atoms with E-state index in [1.165, 1.54) is 24.3 Å². The highest BCUT2D eigenvalue weighted by atomic mass is 19.1. The average Bonchev–Trinajstić information content (AvgIpc) is 3.15. The Morgan fingerprint density at radius 3 is 2.39 bits per heavy atom. The summed E-state index contributed by atoms with van der Waals surface area (Å²) >= 11 is 0. The molecule has 1 aliphatic heterocycles. The number of esters is 2. The maximum atomic E-state index is 13.4. The summed E-state index contributed by atoms with van der Waals surface area (Å²) in [6.45, 7) is 0. The number of carbonyl (C=O) groups is 2. The van der Waals surface area contributed by atoms with E-state index in [-0.39, 0.29) is 11.6 Å². The largest absolute Gasteiger partial charge is 0.497 e. The highest BCUT2D eigenvalue weighted by Crippen LogP contribution is 2.22. The van der Waals surface area contributed by atoms with Gasteiger partial charge in [-0.15, -0.1) is 0 Å². The Bertz CT molecular complexity index is 1200. The molecule has 1 aliphatic rings. The lowest BCUT2D eigenvalue weighted by molar-refractivity contribution is -0.129. The van der Waals surface area contributed by atoms with Gasteiger partial charge >= 0.3 is 11.9 Å². The van der Waals surface area contributed by atoms with Crippen molar-refractivity contribution in [2.24, 2.45) is 4.99 Å². The van der Waals surface area contributed by atoms with Crippen LogP contribution < -0.4 is 9.47 Å². The molecule has 3 aromatic rings. The Kier molecular flexibility index (Phi) is 5.57. The molecular formula is C24H16FNO5. The van der Waals surface area contributed by atoms with Crippen LogP contribution >= 0.6 is 0 Å². The number of aliphatic imine (C=N–C) groups is 1. The van der Waals surface area contributed by atoms with E-state index in [0.29, 0.717) is 28.2 Å². The molecular weight excluding hydrogens is 401 g/mol. The van der Waals surface area contributed by atoms with Gasteiger partial charge in [-0.25, -0.2) is 19.0 Å². The summed E-state index contributed by atoms with van der Waals surface area (Å²) in [5.74, 6) is -0.551. The molecule has 0 atom stereocenters. The van der Waals surface area contributed by atoms with Crippen molar-refractivity contribution in [3.8, 4) is 11.5 Å². The van der Waals surface area contributed by atoms with Gasteiger partial charge < -0.3 is 14.2 Å². The van der Waals surface area contributed by atoms with E-state index in [2.05, 4.69) is 4.99 Å². The van der Waals surface area contributed by atoms with E-state index in [9.17, 15) is 14.0 Å². The predicted molar refractivity (Wildman–Crippen MR) is 111 cm³/mol. The lowest BCUT2D eigenvalue weighted by atomic mass is 10.2. The molecule has 6 nitrogen and oxygen atoms in total. The number of benzene rings is 3. The fraction of sp³-hybridized carbons (Fsp3) is 0.0417. The molecule has 31 heavy (non-hydrogen) atoms. The van der Waals surface area contributed by atoms with Crippen molar-refractivity contribution in [3.63, 3.8) is 0 Å². The number of methoxy groups -OCH3 is 1. The van der Waals surface area contributed by atoms with E-state index in [1.54, 1.807) is 61.7 Å². The fourth-order valence-electron chi connectivity index (χ4n) is 2.84. The van der Waals surface area contributed by atoms with Crippen molar-refractivity contribution >= 4 is 23.9 Å². The third kappa shape index (κ3) is 4.67. The van der Waals surface area contributed by atoms with Gasteiger partial charge in [0.05, 0.1) is 12.7 Å². The monoisotopic (exact) mass is 417 g/mol. The molecule has 0 saturated carbocycles. The second-order valence-electron chi connectivity index (χ2n) is 6.53. The minimum atomic E-state index is -0.630. The van der Waals surface area contributed by atoms with Crippen LogP contribution in [-0.4, -0.2) is 24.9 Å². The summed E-state index contributed by atoms with van der Waals surface area (Å²) in [6.07, 6.45) is 1.53. The average molecular weight is 417 g/mol. The van der Waals surface area contributed by atoms with E-state index < -0.39 is 17.8 Å². The fourth-order valence-corrected chi connectivity index (χ4v) is 2.84. The SMILES string of the molecule is COc1ccc(C(=O)Oc2ccc(/C=C3\N=C(c4cccc(F)c4)OC3=O)cc2)cc1. The molecule has 1 heterocycles. The molecule has 0 saturated heterocycles. The summed E-state index contributed by atoms with van der Waals surface area (Å²) in [5, 5.41) is 0. The van der Waals surface area contributed by atoms with Crippen molar-refractivity contribution in [1.29, 1.82) is 0 Å². The second-order valence-corrected chi connectivity index (χ2v) is 6.53. The highest BCUT2D eigenvalue weighted by molar-refractivity contribution is 6.12. The van der Waals surface area contributed by atoms with Crippen molar-refractivity contribution in [1.82, 2.24) is 0 Å². The summed E-state index contributed by atoms with van der Waals surface area (Å²) in [7, 11) is 1.54. The zero-order valence-electron chi connectivity index (χ0n) is 16.4. The first-order valence-corrected chi connectivity index (χ1v) is 9.26. The Labute approximate surface area is 177 Å². The number of cyclic esters (lactones) is 1. The van der Waals surface area contributed by atoms with Crippen molar-refractivity contribution in [2.75, 3.05) is 7.11 Å². The molecule has 0 unspecified atom stereocenters. The summed E-state index contributed by atoms with van der Waals surface area (Å²) < 4.78 is 28.9. The molecule has 0 bridgehead atoms. The molecule has 0 spiro atoms. The molecule has 0 fully saturated rings. The van der Waals surface area contributed by atoms with Crippen LogP contribution in [0.3, 0.4) is 0 Å². The number of rotatable bonds is 5. The predicted octanol–water partition coefficient (Wildman–Crippen LogP) is 4.40. The standard InChI is InChI=1S/C24H16FNO5/c1-29-19-11-7-16(8-12-19)23(27)30-20-9-5-15(6-10-20)13-21-24(28)31-22(26-21)17-3-2-4-18(25)14-17/h2-14H,1H3/b21-13-. The maximum absolute atomic E-state index is 13.4. The first-order valence-electron chi connectivity index (χ1n) is 9.26. The van der Waals surface area contributed by atoms with Crippen molar-refractivity contribution in [3.05, 3.63) is 101 Å². The maximum Gasteiger partial charge on any atom is 0.363 e. The lowest BCUT2D eigenvalue weighted by Gasteiger charge is -2.05. The van der Waals surface area contributed by atoms with Crippen LogP contribution in [0, 0.1) is 5.82 Å². The molecule has 0 aromatic heterocycles. The number of carbonyl (C=O) groups excluding carboxylic acids is 2. The van der Waals surface area contributed by atoms with E-state index in [1.807, 2.05) is 0 Å². The quantitative estimate of drug-likeness (QED) is 0.350. The van der Waals surface area contributed by atoms with E-state index in [0.717, 1.165) is 0 Å². The smallest absolute Gasteiger partial charge is 0.363 e. The minimum absolute atomic E-state index is 0.0424. The van der Waals surface area contributed by atoms with Gasteiger partial charge in [0, 0.05) is 5.56 Å². The molecule has 3 aromatic carbocycles. The van der Waals surface area contributed by atoms with Crippen molar-refractivity contribution in [2.45, 2.75) is 0 Å². The van der Waals surface area contributed by atoms with Crippen LogP contribution in [0.2, 0.25) is 0 Å². The van der Waals surface area contributed by atoms with Gasteiger partial charge in [-0.3, -0.25) is 0 Å². The number of hydrogen-bond acceptors (Lipinski definition) is 6. The van der Waals surface area contributed by atoms with E-state index >= 15 is 0 Å². The molecule has 0 aliphatic carbocycles. The van der Waals surface area contributed by atoms with Crippen molar-refractivity contribution < 1.29 is 28.2 Å². The third-order valence-electron chi connectivity index (χ3n) is 4.41. The molecule has 0 amide bonds. The highest BCUT2D eigenvalue weighted by Gasteiger charge is 2.24. The van der Waals surface area contributed by atoms with Gasteiger partial charge in [0.25, 0.3) is 0 Å². The topological polar surface area (TPSA) is 74.2 Å². The lowest BCUT2D eigenvalue weighted by Crippen LogP contribution is -2.08. The first kappa shape index (κ1) is 20.0. The van der Waals surface area contributed by atoms with Gasteiger partial charge in [0.2, 0.25) is 5.90 Å². The zero-order chi connectivity index (χ0) is 21.8. The normalized spacial score (nSPS) is 14.2. The van der Waals surface area contributed by atoms with E-state index in [4.69, 9.17) is 14.2 Å². The first-order chi connectivity index (χ1) is 15.0. The Morgan fingerprint density at radius 2 is 1.71 bits per heavy atom. The number of ether oxygens (including phenoxy) is 3. The summed E-state index contributed by atoms with van der Waals surface area (Å²) in [5.41, 5.74) is 1.50. The molecule has 154 valence electrons. The van der Waals surface area contributed by atoms with Gasteiger partial charge in [-0.05, 0) is 66.2 Å². The van der Waals surface area contributed by atoms with Crippen LogP contribution in [0.1, 0.15) is 21.5 Å².